The van der Waals surface area contributed by atoms with Crippen LogP contribution >= 0.6 is 0 Å². The van der Waals surface area contributed by atoms with Gasteiger partial charge in [0.25, 0.3) is 0 Å². The molecule has 0 spiro atoms. The summed E-state index contributed by atoms with van der Waals surface area (Å²) in [5.74, 6) is 0.609. The number of rotatable bonds is 4. The normalized spacial score (nSPS) is 20.7. The van der Waals surface area contributed by atoms with Gasteiger partial charge in [0.15, 0.2) is 5.84 Å². The Kier molecular flexibility index (Phi) is 3.43. The minimum Gasteiger partial charge on any atom is -0.286 e. The Morgan fingerprint density at radius 2 is 1.95 bits per heavy atom. The van der Waals surface area contributed by atoms with Crippen molar-refractivity contribution in [3.05, 3.63) is 18.0 Å². The Hall–Kier alpha value is -1.36. The van der Waals surface area contributed by atoms with Gasteiger partial charge in [0.05, 0.1) is 22.8 Å². The maximum Gasteiger partial charge on any atom is 0.159 e. The van der Waals surface area contributed by atoms with Crippen molar-refractivity contribution in [1.82, 2.24) is 14.8 Å². The van der Waals surface area contributed by atoms with Gasteiger partial charge in [0.2, 0.25) is 0 Å². The third kappa shape index (κ3) is 2.27. The average Bonchev–Trinajstić information content (AvgIpc) is 2.85. The molecule has 19 heavy (non-hydrogen) atoms. The second kappa shape index (κ2) is 4.63. The van der Waals surface area contributed by atoms with Gasteiger partial charge < -0.3 is 0 Å². The number of aryl methyl sites for hydroxylation is 1. The van der Waals surface area contributed by atoms with Crippen LogP contribution in [0.1, 0.15) is 53.0 Å². The largest absolute Gasteiger partial charge is 0.286 e. The van der Waals surface area contributed by atoms with Crippen LogP contribution in [0, 0.1) is 0 Å². The summed E-state index contributed by atoms with van der Waals surface area (Å²) in [6, 6.07) is 0. The van der Waals surface area contributed by atoms with E-state index < -0.39 is 5.54 Å². The van der Waals surface area contributed by atoms with Crippen molar-refractivity contribution in [3.63, 3.8) is 0 Å². The fourth-order valence-electron chi connectivity index (χ4n) is 2.08. The third-order valence-electron chi connectivity index (χ3n) is 4.24. The monoisotopic (exact) mass is 264 g/mol. The number of nitrogens with zero attached hydrogens (tertiary/aromatic N) is 4. The molecule has 0 radical (unpaired) electrons. The van der Waals surface area contributed by atoms with Gasteiger partial charge in [-0.1, -0.05) is 13.3 Å². The minimum absolute atomic E-state index is 0.331. The van der Waals surface area contributed by atoms with Gasteiger partial charge in [-0.3, -0.25) is 14.9 Å². The molecule has 1 aliphatic rings. The van der Waals surface area contributed by atoms with E-state index in [9.17, 15) is 5.21 Å². The zero-order valence-electron chi connectivity index (χ0n) is 12.5. The number of hydroxylamine groups is 2. The van der Waals surface area contributed by atoms with Crippen molar-refractivity contribution < 1.29 is 5.21 Å². The Morgan fingerprint density at radius 3 is 2.47 bits per heavy atom. The van der Waals surface area contributed by atoms with Crippen LogP contribution in [0.5, 0.6) is 0 Å². The highest BCUT2D eigenvalue weighted by atomic mass is 16.5. The number of hydrogen-bond acceptors (Lipinski definition) is 4. The number of unbranched alkanes of at least 4 members (excludes halogenated alkanes) is 1. The van der Waals surface area contributed by atoms with Crippen molar-refractivity contribution in [2.24, 2.45) is 4.99 Å². The predicted molar refractivity (Wildman–Crippen MR) is 75.5 cm³/mol. The van der Waals surface area contributed by atoms with E-state index in [1.54, 1.807) is 6.20 Å². The second-order valence-corrected chi connectivity index (χ2v) is 6.21. The van der Waals surface area contributed by atoms with Crippen LogP contribution in [0.3, 0.4) is 0 Å². The van der Waals surface area contributed by atoms with E-state index in [2.05, 4.69) is 17.0 Å². The van der Waals surface area contributed by atoms with E-state index >= 15 is 0 Å². The number of hydrogen-bond donors (Lipinski definition) is 1. The number of amidine groups is 1. The molecule has 0 amide bonds. The van der Waals surface area contributed by atoms with Crippen molar-refractivity contribution >= 4 is 5.84 Å². The molecule has 106 valence electrons. The van der Waals surface area contributed by atoms with Gasteiger partial charge >= 0.3 is 0 Å². The molecule has 0 bridgehead atoms. The molecule has 2 rings (SSSR count). The van der Waals surface area contributed by atoms with Crippen LogP contribution < -0.4 is 0 Å². The SMILES string of the molecule is CCCCn1cc(C2=NC(C)(C)C(C)(C)N2O)cn1. The molecule has 1 aromatic heterocycles. The topological polar surface area (TPSA) is 53.7 Å². The van der Waals surface area contributed by atoms with E-state index in [-0.39, 0.29) is 5.54 Å². The molecule has 5 heteroatoms. The number of aromatic nitrogens is 2. The summed E-state index contributed by atoms with van der Waals surface area (Å²) in [6.07, 6.45) is 5.97. The molecule has 0 saturated carbocycles. The molecule has 0 aromatic carbocycles. The lowest BCUT2D eigenvalue weighted by molar-refractivity contribution is -0.0992. The van der Waals surface area contributed by atoms with E-state index in [1.165, 1.54) is 5.06 Å². The molecule has 0 atom stereocenters. The highest BCUT2D eigenvalue weighted by molar-refractivity contribution is 5.99. The molecule has 1 aromatic rings. The van der Waals surface area contributed by atoms with Crippen molar-refractivity contribution in [1.29, 1.82) is 0 Å². The van der Waals surface area contributed by atoms with Gasteiger partial charge in [-0.15, -0.1) is 0 Å². The van der Waals surface area contributed by atoms with E-state index in [1.807, 2.05) is 38.6 Å². The number of aliphatic imine (C=N–C) groups is 1. The maximum absolute atomic E-state index is 10.4. The molecule has 2 heterocycles. The summed E-state index contributed by atoms with van der Waals surface area (Å²) in [5, 5.41) is 16.0. The zero-order valence-corrected chi connectivity index (χ0v) is 12.5. The summed E-state index contributed by atoms with van der Waals surface area (Å²) < 4.78 is 1.91. The van der Waals surface area contributed by atoms with E-state index in [4.69, 9.17) is 0 Å². The molecule has 0 fully saturated rings. The predicted octanol–water partition coefficient (Wildman–Crippen LogP) is 2.69. The quantitative estimate of drug-likeness (QED) is 0.909. The highest BCUT2D eigenvalue weighted by Gasteiger charge is 2.49. The minimum atomic E-state index is -0.423. The Morgan fingerprint density at radius 1 is 1.26 bits per heavy atom. The summed E-state index contributed by atoms with van der Waals surface area (Å²) in [5.41, 5.74) is 0.119. The smallest absolute Gasteiger partial charge is 0.159 e. The molecular weight excluding hydrogens is 240 g/mol. The van der Waals surface area contributed by atoms with Gasteiger partial charge in [0, 0.05) is 12.7 Å². The van der Waals surface area contributed by atoms with Crippen molar-refractivity contribution in [3.8, 4) is 0 Å². The Bertz CT molecular complexity index is 487. The summed E-state index contributed by atoms with van der Waals surface area (Å²) in [6.45, 7) is 11.1. The first-order chi connectivity index (χ1) is 8.79. The molecule has 1 N–H and O–H groups in total. The molecule has 0 saturated heterocycles. The zero-order chi connectivity index (χ0) is 14.3. The highest BCUT2D eigenvalue weighted by Crippen LogP contribution is 2.37. The first-order valence-electron chi connectivity index (χ1n) is 6.91. The summed E-state index contributed by atoms with van der Waals surface area (Å²) in [7, 11) is 0. The maximum atomic E-state index is 10.4. The van der Waals surface area contributed by atoms with Crippen LogP contribution in [0.4, 0.5) is 0 Å². The second-order valence-electron chi connectivity index (χ2n) is 6.21. The van der Waals surface area contributed by atoms with E-state index in [0.29, 0.717) is 5.84 Å². The van der Waals surface area contributed by atoms with Gasteiger partial charge in [-0.05, 0) is 34.1 Å². The van der Waals surface area contributed by atoms with Crippen LogP contribution in [-0.2, 0) is 6.54 Å². The summed E-state index contributed by atoms with van der Waals surface area (Å²) >= 11 is 0. The first-order valence-corrected chi connectivity index (χ1v) is 6.91. The van der Waals surface area contributed by atoms with Crippen LogP contribution in [0.25, 0.3) is 0 Å². The van der Waals surface area contributed by atoms with Gasteiger partial charge in [-0.2, -0.15) is 5.10 Å². The lowest BCUT2D eigenvalue weighted by Crippen LogP contribution is -2.51. The molecule has 0 aliphatic carbocycles. The standard InChI is InChI=1S/C14H24N4O/c1-6-7-8-17-10-11(9-15-17)12-16-13(2,3)14(4,5)18(12)19/h9-10,19H,6-8H2,1-5H3. The third-order valence-corrected chi connectivity index (χ3v) is 4.24. The van der Waals surface area contributed by atoms with Gasteiger partial charge in [-0.25, -0.2) is 5.06 Å². The molecule has 5 nitrogen and oxygen atoms in total. The molecule has 1 aliphatic heterocycles. The Labute approximate surface area is 114 Å². The van der Waals surface area contributed by atoms with Crippen LogP contribution in [-0.4, -0.2) is 37.0 Å². The van der Waals surface area contributed by atoms with Crippen molar-refractivity contribution in [2.45, 2.75) is 65.1 Å². The van der Waals surface area contributed by atoms with E-state index in [0.717, 1.165) is 24.9 Å². The van der Waals surface area contributed by atoms with Gasteiger partial charge in [0.1, 0.15) is 0 Å². The Balaban J connectivity index is 2.25. The first kappa shape index (κ1) is 14.1. The van der Waals surface area contributed by atoms with Crippen molar-refractivity contribution in [2.75, 3.05) is 0 Å². The molecular formula is C14H24N4O. The molecule has 0 unspecified atom stereocenters. The van der Waals surface area contributed by atoms with Crippen LogP contribution in [0.2, 0.25) is 0 Å². The fraction of sp³-hybridized carbons (Fsp3) is 0.714. The lowest BCUT2D eigenvalue weighted by atomic mass is 9.84. The summed E-state index contributed by atoms with van der Waals surface area (Å²) in [4.78, 5) is 4.66. The average molecular weight is 264 g/mol. The lowest BCUT2D eigenvalue weighted by Gasteiger charge is -2.36. The van der Waals surface area contributed by atoms with Crippen LogP contribution in [0.15, 0.2) is 17.4 Å². The fourth-order valence-corrected chi connectivity index (χ4v) is 2.08.